The van der Waals surface area contributed by atoms with E-state index in [4.69, 9.17) is 0 Å². The Kier molecular flexibility index (Phi) is 3.13. The molecule has 2 rings (SSSR count). The average molecular weight is 240 g/mol. The summed E-state index contributed by atoms with van der Waals surface area (Å²) in [6, 6.07) is -1.57. The second-order valence-corrected chi connectivity index (χ2v) is 4.74. The number of rotatable bonds is 2. The quantitative estimate of drug-likeness (QED) is 0.675. The van der Waals surface area contributed by atoms with Gasteiger partial charge in [-0.15, -0.1) is 0 Å². The van der Waals surface area contributed by atoms with Crippen LogP contribution in [0.4, 0.5) is 17.6 Å². The molecule has 0 aromatic heterocycles. The first-order chi connectivity index (χ1) is 7.39. The Morgan fingerprint density at radius 1 is 1.12 bits per heavy atom. The SMILES string of the molecule is CN1CCN(C(C2CC2F)C(F)(F)F)CC1. The Morgan fingerprint density at radius 3 is 2.00 bits per heavy atom. The van der Waals surface area contributed by atoms with Gasteiger partial charge in [-0.3, -0.25) is 4.90 Å². The first kappa shape index (κ1) is 12.1. The molecule has 1 saturated carbocycles. The zero-order chi connectivity index (χ0) is 11.9. The van der Waals surface area contributed by atoms with Crippen LogP contribution in [-0.4, -0.2) is 61.4 Å². The Morgan fingerprint density at radius 2 is 1.62 bits per heavy atom. The Bertz CT molecular complexity index is 248. The smallest absolute Gasteiger partial charge is 0.304 e. The van der Waals surface area contributed by atoms with Gasteiger partial charge < -0.3 is 4.90 Å². The minimum Gasteiger partial charge on any atom is -0.304 e. The summed E-state index contributed by atoms with van der Waals surface area (Å²) in [5.74, 6) is -0.830. The molecule has 0 spiro atoms. The molecule has 0 aromatic rings. The van der Waals surface area contributed by atoms with Gasteiger partial charge in [0.05, 0.1) is 0 Å². The van der Waals surface area contributed by atoms with Crippen molar-refractivity contribution in [1.82, 2.24) is 9.80 Å². The highest BCUT2D eigenvalue weighted by Crippen LogP contribution is 2.45. The average Bonchev–Trinajstić information content (AvgIpc) is 2.84. The van der Waals surface area contributed by atoms with Crippen molar-refractivity contribution in [2.75, 3.05) is 33.2 Å². The van der Waals surface area contributed by atoms with E-state index in [0.717, 1.165) is 0 Å². The molecule has 1 aliphatic heterocycles. The highest BCUT2D eigenvalue weighted by atomic mass is 19.4. The maximum absolute atomic E-state index is 12.9. The standard InChI is InChI=1S/C10H16F4N2/c1-15-2-4-16(5-3-15)9(10(12,13)14)7-6-8(7)11/h7-9H,2-6H2,1H3. The number of likely N-dealkylation sites (N-methyl/N-ethyl adjacent to an activating group) is 1. The van der Waals surface area contributed by atoms with Gasteiger partial charge in [0.2, 0.25) is 0 Å². The van der Waals surface area contributed by atoms with E-state index in [2.05, 4.69) is 0 Å². The lowest BCUT2D eigenvalue weighted by atomic mass is 10.1. The van der Waals surface area contributed by atoms with E-state index in [9.17, 15) is 17.6 Å². The largest absolute Gasteiger partial charge is 0.404 e. The fourth-order valence-corrected chi connectivity index (χ4v) is 2.33. The van der Waals surface area contributed by atoms with Crippen molar-refractivity contribution in [3.8, 4) is 0 Å². The van der Waals surface area contributed by atoms with Crippen LogP contribution in [0.25, 0.3) is 0 Å². The van der Waals surface area contributed by atoms with Gasteiger partial charge >= 0.3 is 6.18 Å². The van der Waals surface area contributed by atoms with E-state index in [1.165, 1.54) is 4.90 Å². The molecule has 0 amide bonds. The number of piperazine rings is 1. The lowest BCUT2D eigenvalue weighted by Gasteiger charge is -2.38. The molecular weight excluding hydrogens is 224 g/mol. The maximum atomic E-state index is 12.9. The van der Waals surface area contributed by atoms with Crippen molar-refractivity contribution in [3.05, 3.63) is 0 Å². The summed E-state index contributed by atoms with van der Waals surface area (Å²) in [5, 5.41) is 0. The lowest BCUT2D eigenvalue weighted by molar-refractivity contribution is -0.194. The Balaban J connectivity index is 2.02. The van der Waals surface area contributed by atoms with Crippen LogP contribution in [0.5, 0.6) is 0 Å². The summed E-state index contributed by atoms with van der Waals surface area (Å²) in [6.07, 6.45) is -5.50. The third-order valence-corrected chi connectivity index (χ3v) is 3.43. The molecule has 0 aromatic carbocycles. The van der Waals surface area contributed by atoms with Gasteiger partial charge in [0.25, 0.3) is 0 Å². The summed E-state index contributed by atoms with van der Waals surface area (Å²) >= 11 is 0. The van der Waals surface area contributed by atoms with Gasteiger partial charge in [0, 0.05) is 32.1 Å². The Labute approximate surface area is 92.2 Å². The molecule has 94 valence electrons. The number of halogens is 4. The molecule has 0 radical (unpaired) electrons. The van der Waals surface area contributed by atoms with Gasteiger partial charge in [-0.05, 0) is 13.5 Å². The van der Waals surface area contributed by atoms with Crippen LogP contribution in [0.3, 0.4) is 0 Å². The van der Waals surface area contributed by atoms with Crippen molar-refractivity contribution in [3.63, 3.8) is 0 Å². The van der Waals surface area contributed by atoms with Gasteiger partial charge in [-0.25, -0.2) is 4.39 Å². The lowest BCUT2D eigenvalue weighted by Crippen LogP contribution is -2.55. The van der Waals surface area contributed by atoms with Crippen LogP contribution in [-0.2, 0) is 0 Å². The van der Waals surface area contributed by atoms with Crippen LogP contribution < -0.4 is 0 Å². The zero-order valence-corrected chi connectivity index (χ0v) is 9.17. The summed E-state index contributed by atoms with van der Waals surface area (Å²) in [7, 11) is 1.88. The normalized spacial score (nSPS) is 35.1. The predicted molar refractivity (Wildman–Crippen MR) is 51.9 cm³/mol. The van der Waals surface area contributed by atoms with Gasteiger partial charge in [0.1, 0.15) is 12.2 Å². The van der Waals surface area contributed by atoms with E-state index in [-0.39, 0.29) is 6.42 Å². The van der Waals surface area contributed by atoms with E-state index < -0.39 is 24.3 Å². The third kappa shape index (κ3) is 2.48. The van der Waals surface area contributed by atoms with Gasteiger partial charge in [-0.1, -0.05) is 0 Å². The second kappa shape index (κ2) is 4.14. The molecule has 6 heteroatoms. The first-order valence-electron chi connectivity index (χ1n) is 5.53. The molecule has 3 unspecified atom stereocenters. The summed E-state index contributed by atoms with van der Waals surface area (Å²) in [6.45, 7) is 2.00. The summed E-state index contributed by atoms with van der Waals surface area (Å²) in [4.78, 5) is 3.38. The third-order valence-electron chi connectivity index (χ3n) is 3.43. The molecular formula is C10H16F4N2. The van der Waals surface area contributed by atoms with Crippen molar-refractivity contribution >= 4 is 0 Å². The fraction of sp³-hybridized carbons (Fsp3) is 1.00. The minimum atomic E-state index is -4.30. The molecule has 1 saturated heterocycles. The van der Waals surface area contributed by atoms with Crippen LogP contribution in [0.1, 0.15) is 6.42 Å². The van der Waals surface area contributed by atoms with Crippen molar-refractivity contribution in [2.45, 2.75) is 24.8 Å². The number of alkyl halides is 4. The first-order valence-corrected chi connectivity index (χ1v) is 5.53. The van der Waals surface area contributed by atoms with Gasteiger partial charge in [-0.2, -0.15) is 13.2 Å². The topological polar surface area (TPSA) is 6.48 Å². The van der Waals surface area contributed by atoms with Crippen LogP contribution in [0.2, 0.25) is 0 Å². The van der Waals surface area contributed by atoms with E-state index >= 15 is 0 Å². The zero-order valence-electron chi connectivity index (χ0n) is 9.17. The van der Waals surface area contributed by atoms with Crippen LogP contribution >= 0.6 is 0 Å². The van der Waals surface area contributed by atoms with Crippen molar-refractivity contribution < 1.29 is 17.6 Å². The number of hydrogen-bond acceptors (Lipinski definition) is 2. The van der Waals surface area contributed by atoms with Crippen LogP contribution in [0, 0.1) is 5.92 Å². The highest BCUT2D eigenvalue weighted by molar-refractivity contribution is 5.00. The second-order valence-electron chi connectivity index (χ2n) is 4.74. The molecule has 3 atom stereocenters. The predicted octanol–water partition coefficient (Wildman–Crippen LogP) is 1.52. The van der Waals surface area contributed by atoms with E-state index in [0.29, 0.717) is 26.2 Å². The number of hydrogen-bond donors (Lipinski definition) is 0. The molecule has 0 bridgehead atoms. The molecule has 2 fully saturated rings. The van der Waals surface area contributed by atoms with Crippen molar-refractivity contribution in [1.29, 1.82) is 0 Å². The molecule has 2 nitrogen and oxygen atoms in total. The molecule has 1 aliphatic carbocycles. The fourth-order valence-electron chi connectivity index (χ4n) is 2.33. The monoisotopic (exact) mass is 240 g/mol. The summed E-state index contributed by atoms with van der Waals surface area (Å²) < 4.78 is 51.4. The molecule has 2 aliphatic rings. The maximum Gasteiger partial charge on any atom is 0.404 e. The molecule has 0 N–H and O–H groups in total. The summed E-state index contributed by atoms with van der Waals surface area (Å²) in [5.41, 5.74) is 0. The van der Waals surface area contributed by atoms with Crippen LogP contribution in [0.15, 0.2) is 0 Å². The Hall–Kier alpha value is -0.360. The van der Waals surface area contributed by atoms with E-state index in [1.54, 1.807) is 0 Å². The van der Waals surface area contributed by atoms with Crippen molar-refractivity contribution in [2.24, 2.45) is 5.92 Å². The molecule has 1 heterocycles. The minimum absolute atomic E-state index is 0.0660. The molecule has 16 heavy (non-hydrogen) atoms. The highest BCUT2D eigenvalue weighted by Gasteiger charge is 2.57. The van der Waals surface area contributed by atoms with Gasteiger partial charge in [0.15, 0.2) is 0 Å². The number of nitrogens with zero attached hydrogens (tertiary/aromatic N) is 2. The van der Waals surface area contributed by atoms with E-state index in [1.807, 2.05) is 11.9 Å².